The van der Waals surface area contributed by atoms with Crippen LogP contribution in [0.3, 0.4) is 0 Å². The summed E-state index contributed by atoms with van der Waals surface area (Å²) in [4.78, 5) is 17.3. The normalized spacial score (nSPS) is 15.1. The molecule has 1 saturated heterocycles. The molecule has 3 aromatic rings. The molecule has 2 N–H and O–H groups in total. The second-order valence-corrected chi connectivity index (χ2v) is 8.12. The van der Waals surface area contributed by atoms with Crippen LogP contribution in [-0.2, 0) is 6.54 Å². The van der Waals surface area contributed by atoms with Crippen LogP contribution in [0.25, 0.3) is 11.0 Å². The molecule has 1 aliphatic heterocycles. The third kappa shape index (κ3) is 3.88. The number of fused-ring (bicyclic) bond motifs is 1. The Bertz CT molecular complexity index is 1010. The fourth-order valence-corrected chi connectivity index (χ4v) is 4.27. The highest BCUT2D eigenvalue weighted by atomic mass is 35.5. The lowest BCUT2D eigenvalue weighted by Crippen LogP contribution is -2.29. The first-order valence-electron chi connectivity index (χ1n) is 9.44. The van der Waals surface area contributed by atoms with E-state index in [0.717, 1.165) is 49.1 Å². The molecule has 1 aliphatic rings. The molecule has 7 heteroatoms. The van der Waals surface area contributed by atoms with Crippen molar-refractivity contribution in [3.8, 4) is 0 Å². The van der Waals surface area contributed by atoms with Gasteiger partial charge in [0.05, 0.1) is 10.6 Å². The highest BCUT2D eigenvalue weighted by molar-refractivity contribution is 6.39. The van der Waals surface area contributed by atoms with Crippen LogP contribution in [0.4, 0.5) is 5.69 Å². The lowest BCUT2D eigenvalue weighted by Gasteiger charge is -2.23. The number of hydrogen-bond donors (Lipinski definition) is 2. The summed E-state index contributed by atoms with van der Waals surface area (Å²) in [7, 11) is 0. The first-order valence-corrected chi connectivity index (χ1v) is 10.2. The molecule has 0 unspecified atom stereocenters. The van der Waals surface area contributed by atoms with Gasteiger partial charge in [-0.05, 0) is 68.6 Å². The van der Waals surface area contributed by atoms with Crippen molar-refractivity contribution in [3.05, 3.63) is 57.8 Å². The number of amides is 1. The van der Waals surface area contributed by atoms with Crippen LogP contribution < -0.4 is 10.6 Å². The first-order chi connectivity index (χ1) is 13.5. The quantitative estimate of drug-likeness (QED) is 0.635. The van der Waals surface area contributed by atoms with Crippen molar-refractivity contribution >= 4 is 45.8 Å². The monoisotopic (exact) mass is 416 g/mol. The van der Waals surface area contributed by atoms with Crippen LogP contribution in [0.1, 0.15) is 28.8 Å². The summed E-state index contributed by atoms with van der Waals surface area (Å²) in [6.45, 7) is 5.06. The number of halogens is 2. The van der Waals surface area contributed by atoms with E-state index in [1.165, 1.54) is 0 Å². The summed E-state index contributed by atoms with van der Waals surface area (Å²) < 4.78 is 2.17. The number of pyridine rings is 1. The molecule has 28 heavy (non-hydrogen) atoms. The summed E-state index contributed by atoms with van der Waals surface area (Å²) in [5.41, 5.74) is 2.89. The maximum Gasteiger partial charge on any atom is 0.258 e. The van der Waals surface area contributed by atoms with E-state index in [-0.39, 0.29) is 5.91 Å². The minimum absolute atomic E-state index is 0.285. The van der Waals surface area contributed by atoms with Crippen molar-refractivity contribution in [1.82, 2.24) is 14.9 Å². The smallest absolute Gasteiger partial charge is 0.258 e. The predicted octanol–water partition coefficient (Wildman–Crippen LogP) is 4.90. The van der Waals surface area contributed by atoms with Gasteiger partial charge in [0.15, 0.2) is 0 Å². The van der Waals surface area contributed by atoms with Crippen molar-refractivity contribution in [3.63, 3.8) is 0 Å². The fraction of sp³-hybridized carbons (Fsp3) is 0.333. The Hall–Kier alpha value is -2.08. The maximum absolute atomic E-state index is 12.7. The van der Waals surface area contributed by atoms with E-state index in [2.05, 4.69) is 26.4 Å². The number of rotatable bonds is 4. The zero-order valence-electron chi connectivity index (χ0n) is 15.6. The van der Waals surface area contributed by atoms with Crippen LogP contribution in [0.5, 0.6) is 0 Å². The van der Waals surface area contributed by atoms with Gasteiger partial charge in [-0.3, -0.25) is 4.79 Å². The summed E-state index contributed by atoms with van der Waals surface area (Å²) in [6, 6.07) is 6.96. The van der Waals surface area contributed by atoms with Crippen LogP contribution in [0.2, 0.25) is 10.0 Å². The molecule has 2 aromatic heterocycles. The Kier molecular flexibility index (Phi) is 5.58. The van der Waals surface area contributed by atoms with Gasteiger partial charge in [0.25, 0.3) is 5.91 Å². The molecule has 1 fully saturated rings. The van der Waals surface area contributed by atoms with Crippen LogP contribution >= 0.6 is 23.2 Å². The van der Waals surface area contributed by atoms with Gasteiger partial charge in [-0.2, -0.15) is 0 Å². The van der Waals surface area contributed by atoms with Gasteiger partial charge in [-0.15, -0.1) is 0 Å². The standard InChI is InChI=1S/C21H22Cl2N4O/c1-13-11-27(12-14-6-8-24-9-7-14)20-18(13)19(23)17(10-25-20)21(28)26-16-4-2-15(22)3-5-16/h2-5,10-11,14,24H,6-9,12H2,1H3,(H,26,28). The molecule has 1 amide bonds. The van der Waals surface area contributed by atoms with E-state index in [0.29, 0.717) is 27.2 Å². The lowest BCUT2D eigenvalue weighted by atomic mass is 9.98. The Labute approximate surface area is 174 Å². The number of aryl methyl sites for hydroxylation is 1. The molecule has 1 aromatic carbocycles. The first kappa shape index (κ1) is 19.2. The minimum atomic E-state index is -0.285. The Morgan fingerprint density at radius 2 is 1.96 bits per heavy atom. The molecule has 146 valence electrons. The van der Waals surface area contributed by atoms with E-state index in [4.69, 9.17) is 23.2 Å². The maximum atomic E-state index is 12.7. The molecular formula is C21H22Cl2N4O. The number of carbonyl (C=O) groups excluding carboxylic acids is 1. The van der Waals surface area contributed by atoms with Gasteiger partial charge in [0.1, 0.15) is 5.65 Å². The van der Waals surface area contributed by atoms with E-state index in [9.17, 15) is 4.79 Å². The van der Waals surface area contributed by atoms with Gasteiger partial charge >= 0.3 is 0 Å². The summed E-state index contributed by atoms with van der Waals surface area (Å²) in [5, 5.41) is 8.15. The van der Waals surface area contributed by atoms with Gasteiger partial charge in [0, 0.05) is 35.0 Å². The second-order valence-electron chi connectivity index (χ2n) is 7.30. The van der Waals surface area contributed by atoms with Crippen molar-refractivity contribution in [2.75, 3.05) is 18.4 Å². The van der Waals surface area contributed by atoms with E-state index >= 15 is 0 Å². The molecular weight excluding hydrogens is 395 g/mol. The topological polar surface area (TPSA) is 59.0 Å². The second kappa shape index (κ2) is 8.11. The summed E-state index contributed by atoms with van der Waals surface area (Å²) >= 11 is 12.5. The molecule has 5 nitrogen and oxygen atoms in total. The summed E-state index contributed by atoms with van der Waals surface area (Å²) in [6.07, 6.45) is 5.98. The zero-order chi connectivity index (χ0) is 19.7. The number of aromatic nitrogens is 2. The molecule has 0 bridgehead atoms. The van der Waals surface area contributed by atoms with E-state index in [1.807, 2.05) is 6.92 Å². The predicted molar refractivity (Wildman–Crippen MR) is 114 cm³/mol. The third-order valence-electron chi connectivity index (χ3n) is 5.27. The van der Waals surface area contributed by atoms with Gasteiger partial charge in [-0.25, -0.2) is 4.98 Å². The van der Waals surface area contributed by atoms with Crippen LogP contribution in [-0.4, -0.2) is 28.5 Å². The number of benzene rings is 1. The van der Waals surface area contributed by atoms with Crippen molar-refractivity contribution in [2.24, 2.45) is 5.92 Å². The van der Waals surface area contributed by atoms with Crippen molar-refractivity contribution in [1.29, 1.82) is 0 Å². The van der Waals surface area contributed by atoms with Crippen molar-refractivity contribution in [2.45, 2.75) is 26.3 Å². The Balaban J connectivity index is 1.62. The number of nitrogens with zero attached hydrogens (tertiary/aromatic N) is 2. The molecule has 0 spiro atoms. The molecule has 0 radical (unpaired) electrons. The van der Waals surface area contributed by atoms with E-state index in [1.54, 1.807) is 30.5 Å². The molecule has 0 atom stereocenters. The summed E-state index contributed by atoms with van der Waals surface area (Å²) in [5.74, 6) is 0.344. The molecule has 3 heterocycles. The van der Waals surface area contributed by atoms with Gasteiger partial charge < -0.3 is 15.2 Å². The largest absolute Gasteiger partial charge is 0.332 e. The SMILES string of the molecule is Cc1cn(CC2CCNCC2)c2ncc(C(=O)Nc3ccc(Cl)cc3)c(Cl)c12. The number of nitrogens with one attached hydrogen (secondary N) is 2. The molecule has 0 aliphatic carbocycles. The number of piperidine rings is 1. The number of anilines is 1. The number of carbonyl (C=O) groups is 1. The minimum Gasteiger partial charge on any atom is -0.332 e. The number of hydrogen-bond acceptors (Lipinski definition) is 3. The van der Waals surface area contributed by atoms with E-state index < -0.39 is 0 Å². The molecule has 4 rings (SSSR count). The Morgan fingerprint density at radius 3 is 2.68 bits per heavy atom. The lowest BCUT2D eigenvalue weighted by molar-refractivity contribution is 0.102. The average molecular weight is 417 g/mol. The zero-order valence-corrected chi connectivity index (χ0v) is 17.1. The van der Waals surface area contributed by atoms with Gasteiger partial charge in [-0.1, -0.05) is 23.2 Å². The molecule has 0 saturated carbocycles. The fourth-order valence-electron chi connectivity index (χ4n) is 3.78. The van der Waals surface area contributed by atoms with Crippen LogP contribution in [0.15, 0.2) is 36.7 Å². The average Bonchev–Trinajstić information content (AvgIpc) is 3.01. The van der Waals surface area contributed by atoms with Crippen LogP contribution in [0, 0.1) is 12.8 Å². The highest BCUT2D eigenvalue weighted by Gasteiger charge is 2.20. The van der Waals surface area contributed by atoms with Gasteiger partial charge in [0.2, 0.25) is 0 Å². The highest BCUT2D eigenvalue weighted by Crippen LogP contribution is 2.31. The van der Waals surface area contributed by atoms with Crippen molar-refractivity contribution < 1.29 is 4.79 Å². The Morgan fingerprint density at radius 1 is 1.25 bits per heavy atom. The third-order valence-corrected chi connectivity index (χ3v) is 5.92.